The molecule has 1 aliphatic rings. The summed E-state index contributed by atoms with van der Waals surface area (Å²) in [5.41, 5.74) is 0.519. The van der Waals surface area contributed by atoms with Gasteiger partial charge in [-0.15, -0.1) is 24.0 Å². The highest BCUT2D eigenvalue weighted by Gasteiger charge is 2.27. The highest BCUT2D eigenvalue weighted by molar-refractivity contribution is 14.0. The molecule has 3 N–H and O–H groups in total. The average molecular weight is 546 g/mol. The van der Waals surface area contributed by atoms with Crippen molar-refractivity contribution in [3.8, 4) is 0 Å². The third-order valence-corrected chi connectivity index (χ3v) is 4.32. The van der Waals surface area contributed by atoms with Crippen LogP contribution in [0.25, 0.3) is 0 Å². The van der Waals surface area contributed by atoms with Gasteiger partial charge in [-0.05, 0) is 52.7 Å². The van der Waals surface area contributed by atoms with Gasteiger partial charge in [-0.25, -0.2) is 9.78 Å². The second-order valence-corrected chi connectivity index (χ2v) is 8.33. The lowest BCUT2D eigenvalue weighted by Gasteiger charge is -2.23. The Morgan fingerprint density at radius 2 is 2.06 bits per heavy atom. The van der Waals surface area contributed by atoms with E-state index in [1.807, 2.05) is 40.7 Å². The number of aryl methyl sites for hydroxylation is 1. The van der Waals surface area contributed by atoms with Crippen molar-refractivity contribution in [2.45, 2.75) is 59.1 Å². The zero-order valence-corrected chi connectivity index (χ0v) is 21.4. The SMILES string of the molecule is CCNC(=NCCC(=O)Nc1ccc(C)cn1)N1CCC(NC(=O)OC(C)(C)C)C1.I. The number of pyridine rings is 1. The van der Waals surface area contributed by atoms with Gasteiger partial charge in [0, 0.05) is 32.3 Å². The van der Waals surface area contributed by atoms with Gasteiger partial charge in [0.25, 0.3) is 0 Å². The van der Waals surface area contributed by atoms with Crippen molar-refractivity contribution in [2.24, 2.45) is 4.99 Å². The van der Waals surface area contributed by atoms with Crippen LogP contribution in [0.4, 0.5) is 10.6 Å². The number of nitrogens with zero attached hydrogens (tertiary/aromatic N) is 3. The van der Waals surface area contributed by atoms with Crippen LogP contribution in [0.15, 0.2) is 23.3 Å². The molecule has 1 aromatic heterocycles. The number of carbonyl (C=O) groups is 2. The van der Waals surface area contributed by atoms with Crippen LogP contribution < -0.4 is 16.0 Å². The van der Waals surface area contributed by atoms with Gasteiger partial charge in [-0.1, -0.05) is 6.07 Å². The summed E-state index contributed by atoms with van der Waals surface area (Å²) in [6.45, 7) is 12.0. The number of alkyl carbamates (subject to hydrolysis) is 1. The maximum absolute atomic E-state index is 12.1. The summed E-state index contributed by atoms with van der Waals surface area (Å²) in [6, 6.07) is 3.68. The minimum Gasteiger partial charge on any atom is -0.444 e. The number of guanidine groups is 1. The summed E-state index contributed by atoms with van der Waals surface area (Å²) in [7, 11) is 0. The zero-order valence-electron chi connectivity index (χ0n) is 19.0. The molecule has 10 heteroatoms. The normalized spacial score (nSPS) is 16.4. The van der Waals surface area contributed by atoms with E-state index in [1.165, 1.54) is 0 Å². The summed E-state index contributed by atoms with van der Waals surface area (Å²) >= 11 is 0. The molecule has 0 bridgehead atoms. The minimum absolute atomic E-state index is 0. The number of aromatic nitrogens is 1. The van der Waals surface area contributed by atoms with E-state index < -0.39 is 11.7 Å². The van der Waals surface area contributed by atoms with Gasteiger partial charge >= 0.3 is 6.09 Å². The molecular weight excluding hydrogens is 511 g/mol. The molecule has 0 aliphatic carbocycles. The van der Waals surface area contributed by atoms with Gasteiger partial charge in [-0.3, -0.25) is 9.79 Å². The Labute approximate surface area is 201 Å². The number of nitrogens with one attached hydrogen (secondary N) is 3. The van der Waals surface area contributed by atoms with Crippen LogP contribution in [0.1, 0.15) is 46.1 Å². The van der Waals surface area contributed by atoms with Crippen molar-refractivity contribution in [3.63, 3.8) is 0 Å². The molecule has 0 spiro atoms. The van der Waals surface area contributed by atoms with E-state index >= 15 is 0 Å². The third kappa shape index (κ3) is 10.2. The monoisotopic (exact) mass is 546 g/mol. The fourth-order valence-electron chi connectivity index (χ4n) is 2.98. The van der Waals surface area contributed by atoms with E-state index in [0.717, 1.165) is 31.0 Å². The number of anilines is 1. The number of aliphatic imine (C=N–C) groups is 1. The molecule has 1 saturated heterocycles. The Bertz CT molecular complexity index is 748. The molecule has 174 valence electrons. The van der Waals surface area contributed by atoms with Gasteiger partial charge in [0.05, 0.1) is 12.6 Å². The Balaban J connectivity index is 0.00000480. The maximum Gasteiger partial charge on any atom is 0.407 e. The lowest BCUT2D eigenvalue weighted by Crippen LogP contribution is -2.44. The van der Waals surface area contributed by atoms with Gasteiger partial charge in [0.2, 0.25) is 5.91 Å². The standard InChI is InChI=1S/C21H34N6O3.HI/c1-6-22-19(23-11-9-18(28)26-17-8-7-15(2)13-24-17)27-12-10-16(14-27)25-20(29)30-21(3,4)5;/h7-8,13,16H,6,9-12,14H2,1-5H3,(H,22,23)(H,25,29)(H,24,26,28);1H. The maximum atomic E-state index is 12.1. The van der Waals surface area contributed by atoms with Crippen molar-refractivity contribution < 1.29 is 14.3 Å². The highest BCUT2D eigenvalue weighted by Crippen LogP contribution is 2.12. The first kappa shape index (κ1) is 26.9. The Hall–Kier alpha value is -2.11. The van der Waals surface area contributed by atoms with E-state index in [9.17, 15) is 9.59 Å². The minimum atomic E-state index is -0.520. The predicted octanol–water partition coefficient (Wildman–Crippen LogP) is 2.90. The van der Waals surface area contributed by atoms with Crippen molar-refractivity contribution in [2.75, 3.05) is 31.5 Å². The summed E-state index contributed by atoms with van der Waals surface area (Å²) < 4.78 is 5.33. The average Bonchev–Trinajstić information content (AvgIpc) is 3.09. The second-order valence-electron chi connectivity index (χ2n) is 8.33. The molecule has 2 heterocycles. The lowest BCUT2D eigenvalue weighted by molar-refractivity contribution is -0.116. The molecule has 2 amide bonds. The highest BCUT2D eigenvalue weighted by atomic mass is 127. The molecule has 1 atom stereocenters. The van der Waals surface area contributed by atoms with E-state index in [-0.39, 0.29) is 42.3 Å². The third-order valence-electron chi connectivity index (χ3n) is 4.32. The first-order chi connectivity index (χ1) is 14.2. The Kier molecular flexibility index (Phi) is 11.0. The topological polar surface area (TPSA) is 108 Å². The van der Waals surface area contributed by atoms with Gasteiger partial charge in [-0.2, -0.15) is 0 Å². The van der Waals surface area contributed by atoms with Crippen molar-refractivity contribution in [3.05, 3.63) is 23.9 Å². The molecule has 0 aromatic carbocycles. The van der Waals surface area contributed by atoms with E-state index in [1.54, 1.807) is 12.3 Å². The van der Waals surface area contributed by atoms with Crippen LogP contribution >= 0.6 is 24.0 Å². The van der Waals surface area contributed by atoms with Crippen molar-refractivity contribution >= 4 is 47.8 Å². The molecule has 1 aliphatic heterocycles. The lowest BCUT2D eigenvalue weighted by atomic mass is 10.2. The molecule has 0 saturated carbocycles. The number of hydrogen-bond acceptors (Lipinski definition) is 5. The van der Waals surface area contributed by atoms with E-state index in [2.05, 4.69) is 30.8 Å². The van der Waals surface area contributed by atoms with Crippen LogP contribution in [0.3, 0.4) is 0 Å². The summed E-state index contributed by atoms with van der Waals surface area (Å²) in [4.78, 5) is 34.9. The van der Waals surface area contributed by atoms with Crippen LogP contribution in [0.5, 0.6) is 0 Å². The zero-order chi connectivity index (χ0) is 22.1. The number of amides is 2. The molecule has 1 aromatic rings. The van der Waals surface area contributed by atoms with Gasteiger partial charge in [0.1, 0.15) is 11.4 Å². The number of halogens is 1. The summed E-state index contributed by atoms with van der Waals surface area (Å²) in [5, 5.41) is 8.94. The van der Waals surface area contributed by atoms with Crippen molar-refractivity contribution in [1.82, 2.24) is 20.5 Å². The number of hydrogen-bond donors (Lipinski definition) is 3. The van der Waals surface area contributed by atoms with Crippen LogP contribution in [-0.4, -0.2) is 65.7 Å². The fraction of sp³-hybridized carbons (Fsp3) is 0.619. The van der Waals surface area contributed by atoms with E-state index in [4.69, 9.17) is 4.74 Å². The largest absolute Gasteiger partial charge is 0.444 e. The molecule has 2 rings (SSSR count). The predicted molar refractivity (Wildman–Crippen MR) is 133 cm³/mol. The molecule has 9 nitrogen and oxygen atoms in total. The first-order valence-electron chi connectivity index (χ1n) is 10.4. The summed E-state index contributed by atoms with van der Waals surface area (Å²) in [5.74, 6) is 1.15. The van der Waals surface area contributed by atoms with Crippen LogP contribution in [0, 0.1) is 6.92 Å². The summed E-state index contributed by atoms with van der Waals surface area (Å²) in [6.07, 6.45) is 2.38. The second kappa shape index (κ2) is 12.7. The number of carbonyl (C=O) groups excluding carboxylic acids is 2. The van der Waals surface area contributed by atoms with Crippen LogP contribution in [0.2, 0.25) is 0 Å². The Morgan fingerprint density at radius 3 is 2.68 bits per heavy atom. The quantitative estimate of drug-likeness (QED) is 0.288. The Morgan fingerprint density at radius 1 is 1.32 bits per heavy atom. The smallest absolute Gasteiger partial charge is 0.407 e. The molecule has 1 unspecified atom stereocenters. The molecule has 1 fully saturated rings. The fourth-order valence-corrected chi connectivity index (χ4v) is 2.98. The van der Waals surface area contributed by atoms with E-state index in [0.29, 0.717) is 18.9 Å². The van der Waals surface area contributed by atoms with Gasteiger partial charge < -0.3 is 25.6 Å². The van der Waals surface area contributed by atoms with Crippen molar-refractivity contribution in [1.29, 1.82) is 0 Å². The number of likely N-dealkylation sites (tertiary alicyclic amines) is 1. The van der Waals surface area contributed by atoms with Crippen LogP contribution in [-0.2, 0) is 9.53 Å². The first-order valence-corrected chi connectivity index (χ1v) is 10.4. The number of rotatable bonds is 6. The molecule has 0 radical (unpaired) electrons. The number of ether oxygens (including phenoxy) is 1. The van der Waals surface area contributed by atoms with Gasteiger partial charge in [0.15, 0.2) is 5.96 Å². The molecular formula is C21H35IN6O3. The molecule has 31 heavy (non-hydrogen) atoms.